The van der Waals surface area contributed by atoms with E-state index in [1.165, 1.54) is 12.1 Å². The molecule has 0 fully saturated rings. The lowest BCUT2D eigenvalue weighted by molar-refractivity contribution is -0.115. The Morgan fingerprint density at radius 3 is 2.44 bits per heavy atom. The molecule has 3 aromatic carbocycles. The number of likely N-dealkylation sites (N-methyl/N-ethyl adjacent to an activating group) is 1. The Morgan fingerprint density at radius 2 is 1.73 bits per heavy atom. The van der Waals surface area contributed by atoms with Crippen LogP contribution in [0.3, 0.4) is 0 Å². The van der Waals surface area contributed by atoms with Crippen LogP contribution in [0.1, 0.15) is 40.1 Å². The number of rotatable bonds is 5. The third-order valence-corrected chi connectivity index (χ3v) is 7.30. The maximum Gasteiger partial charge on any atom is 0.257 e. The molecule has 1 N–H and O–H groups in total. The maximum atomic E-state index is 14.6. The third kappa shape index (κ3) is 7.29. The molecule has 3 amide bonds. The van der Waals surface area contributed by atoms with E-state index in [9.17, 15) is 18.8 Å². The van der Waals surface area contributed by atoms with Gasteiger partial charge in [-0.2, -0.15) is 0 Å². The third-order valence-electron chi connectivity index (χ3n) is 7.30. The second-order valence-electron chi connectivity index (χ2n) is 10.5. The SMILES string of the molecule is CO[C@@H]1CN(C)C(=O)c2ccc(NC(=O)Cc3ccccc3)cc2OC[C@@H](C)N(C(=O)c2ccccc2F)C[C@H]1C. The zero-order valence-corrected chi connectivity index (χ0v) is 23.8. The van der Waals surface area contributed by atoms with E-state index in [1.54, 1.807) is 54.3 Å². The lowest BCUT2D eigenvalue weighted by atomic mass is 10.0. The average molecular weight is 562 g/mol. The van der Waals surface area contributed by atoms with Crippen LogP contribution in [0.5, 0.6) is 5.75 Å². The quantitative estimate of drug-likeness (QED) is 0.490. The molecule has 41 heavy (non-hydrogen) atoms. The molecular weight excluding hydrogens is 525 g/mol. The van der Waals surface area contributed by atoms with Crippen LogP contribution in [0.4, 0.5) is 10.1 Å². The number of nitrogens with zero attached hydrogens (tertiary/aromatic N) is 2. The van der Waals surface area contributed by atoms with Gasteiger partial charge in [0.1, 0.15) is 18.2 Å². The van der Waals surface area contributed by atoms with E-state index in [-0.39, 0.29) is 61.3 Å². The zero-order chi connectivity index (χ0) is 29.5. The van der Waals surface area contributed by atoms with Crippen molar-refractivity contribution in [1.29, 1.82) is 0 Å². The minimum Gasteiger partial charge on any atom is -0.491 e. The number of anilines is 1. The van der Waals surface area contributed by atoms with Gasteiger partial charge in [0, 0.05) is 44.9 Å². The van der Waals surface area contributed by atoms with Crippen LogP contribution in [0.15, 0.2) is 72.8 Å². The predicted octanol–water partition coefficient (Wildman–Crippen LogP) is 4.65. The van der Waals surface area contributed by atoms with Gasteiger partial charge < -0.3 is 24.6 Å². The number of fused-ring (bicyclic) bond motifs is 1. The summed E-state index contributed by atoms with van der Waals surface area (Å²) in [6, 6.07) is 19.7. The van der Waals surface area contributed by atoms with Crippen LogP contribution in [0.2, 0.25) is 0 Å². The lowest BCUT2D eigenvalue weighted by Gasteiger charge is -2.36. The topological polar surface area (TPSA) is 88.2 Å². The molecule has 3 atom stereocenters. The molecule has 1 aliphatic heterocycles. The first-order valence-electron chi connectivity index (χ1n) is 13.6. The van der Waals surface area contributed by atoms with Gasteiger partial charge in [-0.1, -0.05) is 49.4 Å². The molecule has 0 aliphatic carbocycles. The van der Waals surface area contributed by atoms with Crippen molar-refractivity contribution in [2.24, 2.45) is 5.92 Å². The summed E-state index contributed by atoms with van der Waals surface area (Å²) < 4.78 is 26.5. The Morgan fingerprint density at radius 1 is 1.02 bits per heavy atom. The fraction of sp³-hybridized carbons (Fsp3) is 0.344. The van der Waals surface area contributed by atoms with Crippen molar-refractivity contribution >= 4 is 23.4 Å². The molecule has 0 saturated carbocycles. The van der Waals surface area contributed by atoms with Gasteiger partial charge in [-0.15, -0.1) is 0 Å². The van der Waals surface area contributed by atoms with Crippen molar-refractivity contribution in [3.63, 3.8) is 0 Å². The first kappa shape index (κ1) is 29.7. The van der Waals surface area contributed by atoms with Crippen LogP contribution >= 0.6 is 0 Å². The predicted molar refractivity (Wildman–Crippen MR) is 155 cm³/mol. The van der Waals surface area contributed by atoms with Gasteiger partial charge in [0.05, 0.1) is 29.7 Å². The Bertz CT molecular complexity index is 1380. The fourth-order valence-electron chi connectivity index (χ4n) is 4.91. The number of nitrogens with one attached hydrogen (secondary N) is 1. The van der Waals surface area contributed by atoms with Gasteiger partial charge in [0.2, 0.25) is 5.91 Å². The van der Waals surface area contributed by atoms with E-state index in [4.69, 9.17) is 9.47 Å². The van der Waals surface area contributed by atoms with Crippen LogP contribution in [0, 0.1) is 11.7 Å². The lowest BCUT2D eigenvalue weighted by Crippen LogP contribution is -2.48. The van der Waals surface area contributed by atoms with E-state index in [0.717, 1.165) is 5.56 Å². The summed E-state index contributed by atoms with van der Waals surface area (Å²) in [7, 11) is 3.25. The normalized spacial score (nSPS) is 19.8. The monoisotopic (exact) mass is 561 g/mol. The van der Waals surface area contributed by atoms with Crippen LogP contribution in [0.25, 0.3) is 0 Å². The highest BCUT2D eigenvalue weighted by Gasteiger charge is 2.31. The molecule has 216 valence electrons. The Labute approximate surface area is 240 Å². The van der Waals surface area contributed by atoms with Crippen molar-refractivity contribution in [3.8, 4) is 5.75 Å². The van der Waals surface area contributed by atoms with E-state index in [0.29, 0.717) is 11.3 Å². The average Bonchev–Trinajstić information content (AvgIpc) is 2.96. The summed E-state index contributed by atoms with van der Waals surface area (Å²) in [6.45, 7) is 4.32. The van der Waals surface area contributed by atoms with Crippen molar-refractivity contribution in [3.05, 3.63) is 95.3 Å². The van der Waals surface area contributed by atoms with E-state index >= 15 is 0 Å². The Hall–Kier alpha value is -4.24. The van der Waals surface area contributed by atoms with Crippen LogP contribution < -0.4 is 10.1 Å². The highest BCUT2D eigenvalue weighted by atomic mass is 19.1. The molecule has 0 bridgehead atoms. The summed E-state index contributed by atoms with van der Waals surface area (Å²) in [5.74, 6) is -1.42. The molecule has 8 nitrogen and oxygen atoms in total. The Kier molecular flexibility index (Phi) is 9.73. The molecular formula is C32H36FN3O5. The smallest absolute Gasteiger partial charge is 0.257 e. The standard InChI is InChI=1S/C32H36FN3O5/c1-21-18-36(32(39)25-12-8-9-13-27(25)33)22(2)20-41-28-17-24(34-30(37)16-23-10-6-5-7-11-23)14-15-26(28)31(38)35(3)19-29(21)40-4/h5-15,17,21-22,29H,16,18-20H2,1-4H3,(H,34,37)/t21-,22-,29-/m1/s1. The fourth-order valence-corrected chi connectivity index (χ4v) is 4.91. The number of methoxy groups -OCH3 is 1. The van der Waals surface area contributed by atoms with E-state index in [2.05, 4.69) is 5.32 Å². The van der Waals surface area contributed by atoms with Crippen molar-refractivity contribution < 1.29 is 28.2 Å². The van der Waals surface area contributed by atoms with Crippen LogP contribution in [-0.4, -0.2) is 73.5 Å². The van der Waals surface area contributed by atoms with Crippen LogP contribution in [-0.2, 0) is 16.0 Å². The van der Waals surface area contributed by atoms with Gasteiger partial charge in [-0.3, -0.25) is 14.4 Å². The minimum atomic E-state index is -0.598. The Balaban J connectivity index is 1.64. The van der Waals surface area contributed by atoms with E-state index in [1.807, 2.05) is 44.2 Å². The molecule has 1 aliphatic rings. The van der Waals surface area contributed by atoms with Gasteiger partial charge in [-0.05, 0) is 36.8 Å². The van der Waals surface area contributed by atoms with Crippen molar-refractivity contribution in [1.82, 2.24) is 9.80 Å². The van der Waals surface area contributed by atoms with Crippen molar-refractivity contribution in [2.75, 3.05) is 39.2 Å². The first-order valence-corrected chi connectivity index (χ1v) is 13.6. The molecule has 1 heterocycles. The summed E-state index contributed by atoms with van der Waals surface area (Å²) in [5, 5.41) is 2.87. The number of amides is 3. The molecule has 3 aromatic rings. The second-order valence-corrected chi connectivity index (χ2v) is 10.5. The number of ether oxygens (including phenoxy) is 2. The molecule has 4 rings (SSSR count). The zero-order valence-electron chi connectivity index (χ0n) is 23.8. The van der Waals surface area contributed by atoms with Crippen molar-refractivity contribution in [2.45, 2.75) is 32.4 Å². The number of carbonyl (C=O) groups excluding carboxylic acids is 3. The highest BCUT2D eigenvalue weighted by molar-refractivity contribution is 5.99. The number of halogens is 1. The van der Waals surface area contributed by atoms with Gasteiger partial charge in [0.15, 0.2) is 0 Å². The summed E-state index contributed by atoms with van der Waals surface area (Å²) in [6.07, 6.45) is -0.186. The van der Waals surface area contributed by atoms with Gasteiger partial charge in [-0.25, -0.2) is 4.39 Å². The molecule has 0 radical (unpaired) electrons. The molecule has 0 saturated heterocycles. The minimum absolute atomic E-state index is 0.0243. The first-order chi connectivity index (χ1) is 19.7. The highest BCUT2D eigenvalue weighted by Crippen LogP contribution is 2.27. The number of benzene rings is 3. The number of hydrogen-bond acceptors (Lipinski definition) is 5. The second kappa shape index (κ2) is 13.4. The summed E-state index contributed by atoms with van der Waals surface area (Å²) in [5.41, 5.74) is 1.64. The molecule has 9 heteroatoms. The summed E-state index contributed by atoms with van der Waals surface area (Å²) in [4.78, 5) is 42.8. The summed E-state index contributed by atoms with van der Waals surface area (Å²) >= 11 is 0. The number of carbonyl (C=O) groups is 3. The largest absolute Gasteiger partial charge is 0.491 e. The number of hydrogen-bond donors (Lipinski definition) is 1. The van der Waals surface area contributed by atoms with Gasteiger partial charge >= 0.3 is 0 Å². The van der Waals surface area contributed by atoms with E-state index < -0.39 is 17.8 Å². The molecule has 0 aromatic heterocycles. The maximum absolute atomic E-state index is 14.6. The molecule has 0 unspecified atom stereocenters. The molecule has 0 spiro atoms. The van der Waals surface area contributed by atoms with Gasteiger partial charge in [0.25, 0.3) is 11.8 Å².